The molecule has 0 bridgehead atoms. The van der Waals surface area contributed by atoms with Gasteiger partial charge in [-0.25, -0.2) is 0 Å². The fourth-order valence-corrected chi connectivity index (χ4v) is 3.03. The highest BCUT2D eigenvalue weighted by molar-refractivity contribution is 9.10. The first kappa shape index (κ1) is 14.3. The summed E-state index contributed by atoms with van der Waals surface area (Å²) in [6.45, 7) is 2.12. The molecule has 104 valence electrons. The zero-order valence-corrected chi connectivity index (χ0v) is 12.5. The van der Waals surface area contributed by atoms with E-state index in [0.717, 1.165) is 12.8 Å². The van der Waals surface area contributed by atoms with Crippen LogP contribution >= 0.6 is 15.9 Å². The number of hydrogen-bond donors (Lipinski definition) is 3. The van der Waals surface area contributed by atoms with Gasteiger partial charge in [0.1, 0.15) is 0 Å². The normalized spacial score (nSPS) is 27.0. The Hall–Kier alpha value is -1.07. The number of phenolic OH excluding ortho intramolecular Hbond substituents is 1. The lowest BCUT2D eigenvalue weighted by atomic mass is 9.76. The van der Waals surface area contributed by atoms with Gasteiger partial charge < -0.3 is 16.2 Å². The molecule has 1 aromatic carbocycles. The lowest BCUT2D eigenvalue weighted by Crippen LogP contribution is -2.53. The molecule has 0 aromatic heterocycles. The van der Waals surface area contributed by atoms with Crippen molar-refractivity contribution < 1.29 is 9.90 Å². The van der Waals surface area contributed by atoms with Gasteiger partial charge in [-0.1, -0.05) is 25.8 Å². The van der Waals surface area contributed by atoms with E-state index in [2.05, 4.69) is 28.2 Å². The van der Waals surface area contributed by atoms with E-state index in [9.17, 15) is 9.90 Å². The van der Waals surface area contributed by atoms with Crippen LogP contribution in [0.3, 0.4) is 0 Å². The first-order chi connectivity index (χ1) is 8.92. The summed E-state index contributed by atoms with van der Waals surface area (Å²) < 4.78 is 0.549. The van der Waals surface area contributed by atoms with E-state index in [4.69, 9.17) is 5.73 Å². The van der Waals surface area contributed by atoms with Crippen molar-refractivity contribution in [2.75, 3.05) is 5.32 Å². The molecular weight excluding hydrogens is 308 g/mol. The fourth-order valence-electron chi connectivity index (χ4n) is 2.66. The maximum atomic E-state index is 12.3. The highest BCUT2D eigenvalue weighted by Gasteiger charge is 2.38. The van der Waals surface area contributed by atoms with Crippen molar-refractivity contribution in [2.24, 2.45) is 11.7 Å². The van der Waals surface area contributed by atoms with Gasteiger partial charge in [-0.05, 0) is 46.8 Å². The monoisotopic (exact) mass is 326 g/mol. The number of nitrogens with two attached hydrogens (primary N) is 1. The van der Waals surface area contributed by atoms with E-state index >= 15 is 0 Å². The van der Waals surface area contributed by atoms with Crippen molar-refractivity contribution in [3.05, 3.63) is 22.7 Å². The topological polar surface area (TPSA) is 75.4 Å². The molecule has 2 rings (SSSR count). The first-order valence-corrected chi connectivity index (χ1v) is 7.29. The van der Waals surface area contributed by atoms with Crippen molar-refractivity contribution in [3.63, 3.8) is 0 Å². The molecule has 1 aliphatic rings. The highest BCUT2D eigenvalue weighted by Crippen LogP contribution is 2.34. The summed E-state index contributed by atoms with van der Waals surface area (Å²) in [5.74, 6) is 0.274. The molecule has 1 aromatic rings. The number of aromatic hydroxyl groups is 1. The average molecular weight is 327 g/mol. The molecule has 0 aliphatic heterocycles. The highest BCUT2D eigenvalue weighted by atomic mass is 79.9. The van der Waals surface area contributed by atoms with E-state index in [0.29, 0.717) is 28.9 Å². The number of benzene rings is 1. The Labute approximate surface area is 121 Å². The van der Waals surface area contributed by atoms with Crippen LogP contribution in [0.25, 0.3) is 0 Å². The van der Waals surface area contributed by atoms with Gasteiger partial charge in [-0.15, -0.1) is 0 Å². The molecule has 0 saturated heterocycles. The second kappa shape index (κ2) is 5.51. The molecule has 2 unspecified atom stereocenters. The van der Waals surface area contributed by atoms with Crippen LogP contribution in [-0.4, -0.2) is 16.6 Å². The standard InChI is InChI=1S/C14H19BrN2O2/c1-9-4-3-7-14(16,8-9)13(19)17-11-6-2-5-10(15)12(11)18/h2,5-6,9,18H,3-4,7-8,16H2,1H3,(H,17,19). The fraction of sp³-hybridized carbons (Fsp3) is 0.500. The molecule has 0 heterocycles. The van der Waals surface area contributed by atoms with E-state index in [-0.39, 0.29) is 11.7 Å². The molecule has 0 radical (unpaired) electrons. The van der Waals surface area contributed by atoms with Gasteiger partial charge in [0.25, 0.3) is 0 Å². The van der Waals surface area contributed by atoms with Crippen molar-refractivity contribution in [1.29, 1.82) is 0 Å². The van der Waals surface area contributed by atoms with Crippen LogP contribution in [0.4, 0.5) is 5.69 Å². The van der Waals surface area contributed by atoms with Crippen LogP contribution in [0, 0.1) is 5.92 Å². The maximum absolute atomic E-state index is 12.3. The number of phenols is 1. The lowest BCUT2D eigenvalue weighted by molar-refractivity contribution is -0.122. The summed E-state index contributed by atoms with van der Waals surface area (Å²) in [7, 11) is 0. The third kappa shape index (κ3) is 3.09. The summed E-state index contributed by atoms with van der Waals surface area (Å²) in [4.78, 5) is 12.3. The molecule has 1 aliphatic carbocycles. The van der Waals surface area contributed by atoms with Gasteiger partial charge >= 0.3 is 0 Å². The Balaban J connectivity index is 2.14. The summed E-state index contributed by atoms with van der Waals surface area (Å²) in [5, 5.41) is 12.6. The zero-order valence-electron chi connectivity index (χ0n) is 10.9. The van der Waals surface area contributed by atoms with Gasteiger partial charge in [0.05, 0.1) is 15.7 Å². The molecule has 2 atom stereocenters. The summed E-state index contributed by atoms with van der Waals surface area (Å²) in [6.07, 6.45) is 3.47. The van der Waals surface area contributed by atoms with Gasteiger partial charge in [0.15, 0.2) is 5.75 Å². The van der Waals surface area contributed by atoms with Gasteiger partial charge in [-0.3, -0.25) is 4.79 Å². The van der Waals surface area contributed by atoms with Crippen molar-refractivity contribution in [1.82, 2.24) is 0 Å². The molecule has 1 saturated carbocycles. The largest absolute Gasteiger partial charge is 0.505 e. The predicted molar refractivity (Wildman–Crippen MR) is 79.0 cm³/mol. The quantitative estimate of drug-likeness (QED) is 0.731. The number of carbonyl (C=O) groups is 1. The molecule has 1 amide bonds. The second-order valence-corrected chi connectivity index (χ2v) is 6.30. The first-order valence-electron chi connectivity index (χ1n) is 6.50. The van der Waals surface area contributed by atoms with E-state index in [1.807, 2.05) is 0 Å². The number of amides is 1. The number of hydrogen-bond acceptors (Lipinski definition) is 3. The Morgan fingerprint density at radius 1 is 1.58 bits per heavy atom. The Bertz CT molecular complexity index is 492. The molecule has 5 heteroatoms. The molecule has 1 fully saturated rings. The van der Waals surface area contributed by atoms with Crippen LogP contribution in [0.5, 0.6) is 5.75 Å². The smallest absolute Gasteiger partial charge is 0.244 e. The number of para-hydroxylation sites is 1. The minimum atomic E-state index is -0.827. The maximum Gasteiger partial charge on any atom is 0.244 e. The van der Waals surface area contributed by atoms with Crippen molar-refractivity contribution in [3.8, 4) is 5.75 Å². The van der Waals surface area contributed by atoms with Crippen LogP contribution in [0.1, 0.15) is 32.6 Å². The lowest BCUT2D eigenvalue weighted by Gasteiger charge is -2.35. The zero-order chi connectivity index (χ0) is 14.0. The average Bonchev–Trinajstić information content (AvgIpc) is 2.34. The van der Waals surface area contributed by atoms with Crippen molar-refractivity contribution >= 4 is 27.5 Å². The minimum absolute atomic E-state index is 0.0308. The number of nitrogens with one attached hydrogen (secondary N) is 1. The van der Waals surface area contributed by atoms with Gasteiger partial charge in [0, 0.05) is 0 Å². The Morgan fingerprint density at radius 2 is 2.32 bits per heavy atom. The third-order valence-electron chi connectivity index (χ3n) is 3.72. The summed E-state index contributed by atoms with van der Waals surface area (Å²) in [6, 6.07) is 5.13. The molecule has 19 heavy (non-hydrogen) atoms. The number of anilines is 1. The van der Waals surface area contributed by atoms with Crippen LogP contribution in [0.2, 0.25) is 0 Å². The van der Waals surface area contributed by atoms with Crippen LogP contribution in [-0.2, 0) is 4.79 Å². The molecule has 0 spiro atoms. The van der Waals surface area contributed by atoms with Gasteiger partial charge in [-0.2, -0.15) is 0 Å². The van der Waals surface area contributed by atoms with Crippen LogP contribution < -0.4 is 11.1 Å². The second-order valence-electron chi connectivity index (χ2n) is 5.45. The van der Waals surface area contributed by atoms with Gasteiger partial charge in [0.2, 0.25) is 5.91 Å². The molecular formula is C14H19BrN2O2. The molecule has 4 N–H and O–H groups in total. The third-order valence-corrected chi connectivity index (χ3v) is 4.36. The van der Waals surface area contributed by atoms with E-state index in [1.165, 1.54) is 0 Å². The Morgan fingerprint density at radius 3 is 3.00 bits per heavy atom. The number of carbonyl (C=O) groups excluding carboxylic acids is 1. The SMILES string of the molecule is CC1CCCC(N)(C(=O)Nc2cccc(Br)c2O)C1. The molecule has 4 nitrogen and oxygen atoms in total. The van der Waals surface area contributed by atoms with Crippen molar-refractivity contribution in [2.45, 2.75) is 38.1 Å². The number of rotatable bonds is 2. The summed E-state index contributed by atoms with van der Waals surface area (Å²) >= 11 is 3.22. The van der Waals surface area contributed by atoms with Crippen LogP contribution in [0.15, 0.2) is 22.7 Å². The Kier molecular flexibility index (Phi) is 4.16. The number of halogens is 1. The van der Waals surface area contributed by atoms with E-state index < -0.39 is 5.54 Å². The predicted octanol–water partition coefficient (Wildman–Crippen LogP) is 3.00. The summed E-state index contributed by atoms with van der Waals surface area (Å²) in [5.41, 5.74) is 5.79. The van der Waals surface area contributed by atoms with E-state index in [1.54, 1.807) is 18.2 Å². The minimum Gasteiger partial charge on any atom is -0.505 e.